The van der Waals surface area contributed by atoms with Gasteiger partial charge in [-0.2, -0.15) is 0 Å². The molecule has 7 heteroatoms. The van der Waals surface area contributed by atoms with Crippen molar-refractivity contribution in [3.63, 3.8) is 0 Å². The molecule has 154 valence electrons. The number of carbonyl (C=O) groups excluding carboxylic acids is 2. The standard InChI is InChI=1S/C21H29N3O2S.ClH/c1-15(2)17(22)11-12-24(3)21(26)18(14-16-8-5-4-6-9-16)23-20(25)19-10-7-13-27-19;/h4-10,13,15,17-18H,11-12,14,22H2,1-3H3,(H,23,25);1H. The van der Waals surface area contributed by atoms with Crippen molar-refractivity contribution in [1.82, 2.24) is 10.2 Å². The fourth-order valence-corrected chi connectivity index (χ4v) is 3.37. The number of carbonyl (C=O) groups is 2. The molecular weight excluding hydrogens is 394 g/mol. The van der Waals surface area contributed by atoms with E-state index in [4.69, 9.17) is 5.73 Å². The van der Waals surface area contributed by atoms with Crippen molar-refractivity contribution in [2.75, 3.05) is 13.6 Å². The van der Waals surface area contributed by atoms with Gasteiger partial charge in [0.2, 0.25) is 5.91 Å². The average molecular weight is 424 g/mol. The smallest absolute Gasteiger partial charge is 0.262 e. The Morgan fingerprint density at radius 3 is 2.39 bits per heavy atom. The highest BCUT2D eigenvalue weighted by molar-refractivity contribution is 7.12. The molecule has 2 aromatic rings. The van der Waals surface area contributed by atoms with E-state index in [0.717, 1.165) is 12.0 Å². The van der Waals surface area contributed by atoms with E-state index in [0.29, 0.717) is 23.8 Å². The van der Waals surface area contributed by atoms with E-state index in [1.807, 2.05) is 41.8 Å². The SMILES string of the molecule is CC(C)C(N)CCN(C)C(=O)C(Cc1ccccc1)NC(=O)c1cccs1.Cl. The fraction of sp³-hybridized carbons (Fsp3) is 0.429. The van der Waals surface area contributed by atoms with Gasteiger partial charge in [-0.3, -0.25) is 9.59 Å². The Balaban J connectivity index is 0.00000392. The molecule has 3 N–H and O–H groups in total. The van der Waals surface area contributed by atoms with Crippen molar-refractivity contribution in [2.45, 2.75) is 38.8 Å². The number of halogens is 1. The molecule has 1 aromatic heterocycles. The number of nitrogens with zero attached hydrogens (tertiary/aromatic N) is 1. The first kappa shape index (κ1) is 24.1. The van der Waals surface area contributed by atoms with E-state index in [1.165, 1.54) is 11.3 Å². The summed E-state index contributed by atoms with van der Waals surface area (Å²) in [7, 11) is 1.77. The number of hydrogen-bond donors (Lipinski definition) is 2. The summed E-state index contributed by atoms with van der Waals surface area (Å²) in [6, 6.07) is 12.8. The summed E-state index contributed by atoms with van der Waals surface area (Å²) in [4.78, 5) is 27.8. The van der Waals surface area contributed by atoms with Gasteiger partial charge in [-0.1, -0.05) is 50.2 Å². The monoisotopic (exact) mass is 423 g/mol. The number of likely N-dealkylation sites (N-methyl/N-ethyl adjacent to an activating group) is 1. The van der Waals surface area contributed by atoms with Crippen molar-refractivity contribution in [1.29, 1.82) is 0 Å². The van der Waals surface area contributed by atoms with Gasteiger partial charge in [-0.05, 0) is 29.3 Å². The van der Waals surface area contributed by atoms with Gasteiger partial charge in [-0.15, -0.1) is 23.7 Å². The summed E-state index contributed by atoms with van der Waals surface area (Å²) in [5.74, 6) is 0.0541. The van der Waals surface area contributed by atoms with Gasteiger partial charge in [0.15, 0.2) is 0 Å². The molecular formula is C21H30ClN3O2S. The lowest BCUT2D eigenvalue weighted by molar-refractivity contribution is -0.132. The van der Waals surface area contributed by atoms with Gasteiger partial charge in [0.25, 0.3) is 5.91 Å². The normalized spacial score (nSPS) is 12.8. The topological polar surface area (TPSA) is 75.4 Å². The van der Waals surface area contributed by atoms with Gasteiger partial charge in [0, 0.05) is 26.1 Å². The molecule has 0 bridgehead atoms. The highest BCUT2D eigenvalue weighted by Crippen LogP contribution is 2.12. The summed E-state index contributed by atoms with van der Waals surface area (Å²) < 4.78 is 0. The van der Waals surface area contributed by atoms with Crippen molar-refractivity contribution < 1.29 is 9.59 Å². The fourth-order valence-electron chi connectivity index (χ4n) is 2.74. The summed E-state index contributed by atoms with van der Waals surface area (Å²) in [6.45, 7) is 4.72. The van der Waals surface area contributed by atoms with Crippen LogP contribution in [0, 0.1) is 5.92 Å². The number of benzene rings is 1. The van der Waals surface area contributed by atoms with Crippen LogP contribution in [-0.2, 0) is 11.2 Å². The Labute approximate surface area is 177 Å². The maximum atomic E-state index is 13.0. The van der Waals surface area contributed by atoms with E-state index in [2.05, 4.69) is 19.2 Å². The summed E-state index contributed by atoms with van der Waals surface area (Å²) >= 11 is 1.36. The third kappa shape index (κ3) is 7.26. The Bertz CT molecular complexity index is 723. The molecule has 2 unspecified atom stereocenters. The number of amides is 2. The van der Waals surface area contributed by atoms with Crippen molar-refractivity contribution in [2.24, 2.45) is 11.7 Å². The predicted molar refractivity (Wildman–Crippen MR) is 118 cm³/mol. The molecule has 0 saturated heterocycles. The zero-order valence-electron chi connectivity index (χ0n) is 16.6. The summed E-state index contributed by atoms with van der Waals surface area (Å²) in [6.07, 6.45) is 1.19. The third-order valence-electron chi connectivity index (χ3n) is 4.66. The maximum absolute atomic E-state index is 13.0. The third-order valence-corrected chi connectivity index (χ3v) is 5.53. The number of nitrogens with one attached hydrogen (secondary N) is 1. The molecule has 0 radical (unpaired) electrons. The van der Waals surface area contributed by atoms with Crippen LogP contribution in [0.1, 0.15) is 35.5 Å². The average Bonchev–Trinajstić information content (AvgIpc) is 3.20. The van der Waals surface area contributed by atoms with Crippen LogP contribution < -0.4 is 11.1 Å². The molecule has 2 amide bonds. The number of rotatable bonds is 9. The van der Waals surface area contributed by atoms with E-state index >= 15 is 0 Å². The summed E-state index contributed by atoms with van der Waals surface area (Å²) in [5.41, 5.74) is 7.11. The molecule has 0 aliphatic carbocycles. The minimum Gasteiger partial charge on any atom is -0.344 e. The second-order valence-electron chi connectivity index (χ2n) is 7.15. The first-order chi connectivity index (χ1) is 12.9. The second kappa shape index (κ2) is 11.8. The number of nitrogens with two attached hydrogens (primary N) is 1. The van der Waals surface area contributed by atoms with Crippen LogP contribution in [0.15, 0.2) is 47.8 Å². The van der Waals surface area contributed by atoms with Crippen molar-refractivity contribution in [3.8, 4) is 0 Å². The molecule has 0 fully saturated rings. The molecule has 2 atom stereocenters. The molecule has 2 rings (SSSR count). The van der Waals surface area contributed by atoms with Gasteiger partial charge >= 0.3 is 0 Å². The predicted octanol–water partition coefficient (Wildman–Crippen LogP) is 3.34. The Morgan fingerprint density at radius 2 is 1.82 bits per heavy atom. The van der Waals surface area contributed by atoms with E-state index in [-0.39, 0.29) is 30.3 Å². The lowest BCUT2D eigenvalue weighted by atomic mass is 10.0. The maximum Gasteiger partial charge on any atom is 0.262 e. The minimum absolute atomic E-state index is 0. The quantitative estimate of drug-likeness (QED) is 0.649. The van der Waals surface area contributed by atoms with Crippen LogP contribution in [0.4, 0.5) is 0 Å². The Morgan fingerprint density at radius 1 is 1.14 bits per heavy atom. The molecule has 0 aliphatic heterocycles. The minimum atomic E-state index is -0.609. The number of thiophene rings is 1. The van der Waals surface area contributed by atoms with Crippen molar-refractivity contribution in [3.05, 3.63) is 58.3 Å². The van der Waals surface area contributed by atoms with E-state index < -0.39 is 6.04 Å². The highest BCUT2D eigenvalue weighted by Gasteiger charge is 2.25. The highest BCUT2D eigenvalue weighted by atomic mass is 35.5. The van der Waals surface area contributed by atoms with Crippen LogP contribution in [0.2, 0.25) is 0 Å². The lowest BCUT2D eigenvalue weighted by Gasteiger charge is -2.26. The molecule has 5 nitrogen and oxygen atoms in total. The Hall–Kier alpha value is -1.89. The zero-order chi connectivity index (χ0) is 19.8. The first-order valence-corrected chi connectivity index (χ1v) is 10.1. The Kier molecular flexibility index (Phi) is 10.2. The largest absolute Gasteiger partial charge is 0.344 e. The van der Waals surface area contributed by atoms with Crippen LogP contribution in [0.3, 0.4) is 0 Å². The molecule has 28 heavy (non-hydrogen) atoms. The molecule has 1 aromatic carbocycles. The van der Waals surface area contributed by atoms with Gasteiger partial charge in [0.1, 0.15) is 6.04 Å². The van der Waals surface area contributed by atoms with Gasteiger partial charge in [-0.25, -0.2) is 0 Å². The second-order valence-corrected chi connectivity index (χ2v) is 8.10. The lowest BCUT2D eigenvalue weighted by Crippen LogP contribution is -2.49. The molecule has 0 aliphatic rings. The van der Waals surface area contributed by atoms with E-state index in [9.17, 15) is 9.59 Å². The van der Waals surface area contributed by atoms with Crippen LogP contribution in [0.25, 0.3) is 0 Å². The zero-order valence-corrected chi connectivity index (χ0v) is 18.3. The molecule has 0 spiro atoms. The molecule has 1 heterocycles. The van der Waals surface area contributed by atoms with Crippen LogP contribution in [0.5, 0.6) is 0 Å². The van der Waals surface area contributed by atoms with Gasteiger partial charge < -0.3 is 16.0 Å². The summed E-state index contributed by atoms with van der Waals surface area (Å²) in [5, 5.41) is 4.76. The first-order valence-electron chi connectivity index (χ1n) is 9.27. The van der Waals surface area contributed by atoms with E-state index in [1.54, 1.807) is 18.0 Å². The van der Waals surface area contributed by atoms with Crippen LogP contribution in [-0.4, -0.2) is 42.4 Å². The molecule has 0 saturated carbocycles. The van der Waals surface area contributed by atoms with Crippen LogP contribution >= 0.6 is 23.7 Å². The van der Waals surface area contributed by atoms with Crippen molar-refractivity contribution >= 4 is 35.6 Å². The van der Waals surface area contributed by atoms with Gasteiger partial charge in [0.05, 0.1) is 4.88 Å². The number of hydrogen-bond acceptors (Lipinski definition) is 4.